The fourth-order valence-electron chi connectivity index (χ4n) is 5.01. The average Bonchev–Trinajstić information content (AvgIpc) is 2.54. The monoisotopic (exact) mass is 386 g/mol. The molecule has 0 atom stereocenters. The molecule has 0 aliphatic heterocycles. The van der Waals surface area contributed by atoms with Crippen LogP contribution in [0.2, 0.25) is 0 Å². The molecule has 2 rings (SSSR count). The van der Waals surface area contributed by atoms with Gasteiger partial charge in [-0.1, -0.05) is 6.58 Å². The summed E-state index contributed by atoms with van der Waals surface area (Å²) in [5, 5.41) is 9.42. The number of allylic oxidation sites excluding steroid dienone is 1. The Morgan fingerprint density at radius 3 is 1.50 bits per heavy atom. The summed E-state index contributed by atoms with van der Waals surface area (Å²) in [6.45, 7) is 3.35. The maximum absolute atomic E-state index is 14.0. The van der Waals surface area contributed by atoms with Gasteiger partial charge in [0.25, 0.3) is 0 Å². The van der Waals surface area contributed by atoms with Crippen LogP contribution in [0.15, 0.2) is 12.3 Å². The van der Waals surface area contributed by atoms with Crippen LogP contribution in [-0.4, -0.2) is 23.7 Å². The Balaban J connectivity index is 2.39. The van der Waals surface area contributed by atoms with Gasteiger partial charge in [0, 0.05) is 11.8 Å². The summed E-state index contributed by atoms with van der Waals surface area (Å²) in [4.78, 5) is 10.8. The van der Waals surface area contributed by atoms with E-state index in [1.165, 1.54) is 0 Å². The quantitative estimate of drug-likeness (QED) is 0.367. The van der Waals surface area contributed by atoms with Crippen LogP contribution in [0.3, 0.4) is 0 Å². The zero-order valence-corrected chi connectivity index (χ0v) is 14.4. The minimum atomic E-state index is -5.42. The van der Waals surface area contributed by atoms with Crippen molar-refractivity contribution >= 4 is 6.29 Å². The molecule has 0 aromatic carbocycles. The summed E-state index contributed by atoms with van der Waals surface area (Å²) >= 11 is 0. The Hall–Kier alpha value is -1.21. The lowest BCUT2D eigenvalue weighted by atomic mass is 9.56. The Bertz CT molecular complexity index is 495. The second kappa shape index (κ2) is 7.43. The number of aliphatic hydroxyl groups excluding tert-OH is 1. The van der Waals surface area contributed by atoms with Gasteiger partial charge in [0.15, 0.2) is 5.41 Å². The topological polar surface area (TPSA) is 37.3 Å². The van der Waals surface area contributed by atoms with Gasteiger partial charge in [-0.15, -0.1) is 0 Å². The maximum atomic E-state index is 14.0. The van der Waals surface area contributed by atoms with E-state index < -0.39 is 41.4 Å². The number of alkyl halides is 6. The highest BCUT2D eigenvalue weighted by Gasteiger charge is 2.76. The molecule has 2 nitrogen and oxygen atoms in total. The third kappa shape index (κ3) is 3.60. The van der Waals surface area contributed by atoms with E-state index in [-0.39, 0.29) is 57.1 Å². The highest BCUT2D eigenvalue weighted by molar-refractivity contribution is 5.53. The van der Waals surface area contributed by atoms with Crippen molar-refractivity contribution in [3.8, 4) is 0 Å². The van der Waals surface area contributed by atoms with Gasteiger partial charge < -0.3 is 9.90 Å². The van der Waals surface area contributed by atoms with E-state index in [0.29, 0.717) is 6.29 Å². The number of aliphatic hydroxyl groups is 1. The molecule has 8 heteroatoms. The van der Waals surface area contributed by atoms with Crippen molar-refractivity contribution < 1.29 is 36.2 Å². The molecule has 2 fully saturated rings. The standard InChI is InChI=1S/C18H24F6O2/c1-11(26)13-4-8-15(9-5-13)16(17(19,20)21,18(22,23)24)14-6-2-12(10-25)3-7-14/h10,12-15,26H,1-9H2. The number of hydrogen-bond donors (Lipinski definition) is 1. The first-order valence-corrected chi connectivity index (χ1v) is 8.91. The summed E-state index contributed by atoms with van der Waals surface area (Å²) in [5.74, 6) is -4.23. The largest absolute Gasteiger partial charge is 0.513 e. The SMILES string of the molecule is C=C(O)C1CCC(C(C2CCC(C=O)CC2)(C(F)(F)F)C(F)(F)F)CC1. The molecule has 0 aromatic heterocycles. The zero-order chi connectivity index (χ0) is 19.8. The fraction of sp³-hybridized carbons (Fsp3) is 0.833. The molecular weight excluding hydrogens is 362 g/mol. The third-order valence-electron chi connectivity index (χ3n) is 6.39. The maximum Gasteiger partial charge on any atom is 0.403 e. The summed E-state index contributed by atoms with van der Waals surface area (Å²) < 4.78 is 84.1. The van der Waals surface area contributed by atoms with Crippen LogP contribution in [-0.2, 0) is 4.79 Å². The van der Waals surface area contributed by atoms with E-state index >= 15 is 0 Å². The molecule has 2 saturated carbocycles. The first-order valence-electron chi connectivity index (χ1n) is 8.91. The van der Waals surface area contributed by atoms with Gasteiger partial charge in [-0.05, 0) is 63.2 Å². The van der Waals surface area contributed by atoms with E-state index in [1.54, 1.807) is 0 Å². The molecule has 2 aliphatic carbocycles. The molecule has 0 radical (unpaired) electrons. The van der Waals surface area contributed by atoms with E-state index in [0.717, 1.165) is 0 Å². The highest BCUT2D eigenvalue weighted by Crippen LogP contribution is 2.65. The van der Waals surface area contributed by atoms with Crippen molar-refractivity contribution in [3.05, 3.63) is 12.3 Å². The number of hydrogen-bond acceptors (Lipinski definition) is 2. The zero-order valence-electron chi connectivity index (χ0n) is 14.4. The molecule has 2 aliphatic rings. The van der Waals surface area contributed by atoms with Crippen molar-refractivity contribution in [2.24, 2.45) is 29.1 Å². The van der Waals surface area contributed by atoms with Crippen molar-refractivity contribution in [1.29, 1.82) is 0 Å². The molecule has 0 unspecified atom stereocenters. The normalized spacial score (nSPS) is 31.5. The lowest BCUT2D eigenvalue weighted by Crippen LogP contribution is -2.60. The predicted octanol–water partition coefficient (Wildman–Crippen LogP) is 5.98. The highest BCUT2D eigenvalue weighted by atomic mass is 19.4. The van der Waals surface area contributed by atoms with Crippen LogP contribution in [0, 0.1) is 29.1 Å². The van der Waals surface area contributed by atoms with Gasteiger partial charge in [0.1, 0.15) is 6.29 Å². The summed E-state index contributed by atoms with van der Waals surface area (Å²) in [6, 6.07) is 0. The summed E-state index contributed by atoms with van der Waals surface area (Å²) in [6.07, 6.45) is -11.0. The van der Waals surface area contributed by atoms with Crippen molar-refractivity contribution in [1.82, 2.24) is 0 Å². The summed E-state index contributed by atoms with van der Waals surface area (Å²) in [5.41, 5.74) is -3.75. The molecule has 0 aromatic rings. The van der Waals surface area contributed by atoms with Crippen molar-refractivity contribution in [2.45, 2.75) is 63.7 Å². The van der Waals surface area contributed by atoms with Gasteiger partial charge in [0.2, 0.25) is 0 Å². The minimum absolute atomic E-state index is 0.0604. The van der Waals surface area contributed by atoms with Gasteiger partial charge in [0.05, 0.1) is 5.76 Å². The number of rotatable bonds is 4. The van der Waals surface area contributed by atoms with E-state index in [2.05, 4.69) is 6.58 Å². The van der Waals surface area contributed by atoms with Gasteiger partial charge >= 0.3 is 12.4 Å². The third-order valence-corrected chi connectivity index (χ3v) is 6.39. The van der Waals surface area contributed by atoms with Crippen LogP contribution in [0.25, 0.3) is 0 Å². The first kappa shape index (κ1) is 21.1. The molecule has 0 heterocycles. The Labute approximate surface area is 148 Å². The van der Waals surface area contributed by atoms with E-state index in [9.17, 15) is 36.2 Å². The van der Waals surface area contributed by atoms with Crippen molar-refractivity contribution in [2.75, 3.05) is 0 Å². The van der Waals surface area contributed by atoms with Gasteiger partial charge in [-0.25, -0.2) is 0 Å². The Kier molecular flexibility index (Phi) is 6.03. The summed E-state index contributed by atoms with van der Waals surface area (Å²) in [7, 11) is 0. The molecule has 150 valence electrons. The average molecular weight is 386 g/mol. The second-order valence-corrected chi connectivity index (χ2v) is 7.65. The number of carbonyl (C=O) groups is 1. The second-order valence-electron chi connectivity index (χ2n) is 7.65. The predicted molar refractivity (Wildman–Crippen MR) is 83.3 cm³/mol. The van der Waals surface area contributed by atoms with E-state index in [4.69, 9.17) is 0 Å². The molecule has 0 saturated heterocycles. The van der Waals surface area contributed by atoms with Crippen LogP contribution >= 0.6 is 0 Å². The molecule has 1 N–H and O–H groups in total. The smallest absolute Gasteiger partial charge is 0.403 e. The molecule has 0 amide bonds. The number of halogens is 6. The number of carbonyl (C=O) groups excluding carboxylic acids is 1. The van der Waals surface area contributed by atoms with Crippen molar-refractivity contribution in [3.63, 3.8) is 0 Å². The van der Waals surface area contributed by atoms with Crippen LogP contribution in [0.1, 0.15) is 51.4 Å². The van der Waals surface area contributed by atoms with Gasteiger partial charge in [-0.3, -0.25) is 0 Å². The van der Waals surface area contributed by atoms with E-state index in [1.807, 2.05) is 0 Å². The molecule has 0 bridgehead atoms. The lowest BCUT2D eigenvalue weighted by molar-refractivity contribution is -0.382. The van der Waals surface area contributed by atoms with Crippen LogP contribution in [0.4, 0.5) is 26.3 Å². The number of aldehydes is 1. The van der Waals surface area contributed by atoms with Crippen LogP contribution < -0.4 is 0 Å². The molecular formula is C18H24F6O2. The lowest BCUT2D eigenvalue weighted by Gasteiger charge is -2.51. The van der Waals surface area contributed by atoms with Gasteiger partial charge in [-0.2, -0.15) is 26.3 Å². The Morgan fingerprint density at radius 1 is 0.808 bits per heavy atom. The first-order chi connectivity index (χ1) is 11.9. The minimum Gasteiger partial charge on any atom is -0.513 e. The Morgan fingerprint density at radius 2 is 1.19 bits per heavy atom. The molecule has 0 spiro atoms. The van der Waals surface area contributed by atoms with Crippen LogP contribution in [0.5, 0.6) is 0 Å². The molecule has 26 heavy (non-hydrogen) atoms. The fourth-order valence-corrected chi connectivity index (χ4v) is 5.01.